The fraction of sp³-hybridized carbons (Fsp3) is 0.308. The summed E-state index contributed by atoms with van der Waals surface area (Å²) < 4.78 is 5.12. The molecule has 6 heteroatoms. The fourth-order valence-electron chi connectivity index (χ4n) is 1.43. The van der Waals surface area contributed by atoms with Crippen molar-refractivity contribution in [2.24, 2.45) is 5.73 Å². The van der Waals surface area contributed by atoms with E-state index >= 15 is 0 Å². The molecule has 0 atom stereocenters. The van der Waals surface area contributed by atoms with Gasteiger partial charge in [0, 0.05) is 36.1 Å². The Morgan fingerprint density at radius 3 is 2.95 bits per heavy atom. The predicted molar refractivity (Wildman–Crippen MR) is 70.3 cm³/mol. The molecular weight excluding hydrogens is 244 g/mol. The van der Waals surface area contributed by atoms with E-state index in [2.05, 4.69) is 15.5 Å². The minimum Gasteiger partial charge on any atom is -0.355 e. The third-order valence-corrected chi connectivity index (χ3v) is 2.39. The summed E-state index contributed by atoms with van der Waals surface area (Å²) in [6.45, 7) is 4.02. The highest BCUT2D eigenvalue weighted by Crippen LogP contribution is 2.18. The molecule has 2 aromatic heterocycles. The summed E-state index contributed by atoms with van der Waals surface area (Å²) in [5, 5.41) is 6.44. The van der Waals surface area contributed by atoms with Crippen LogP contribution in [0.2, 0.25) is 0 Å². The summed E-state index contributed by atoms with van der Waals surface area (Å²) in [6, 6.07) is 5.20. The zero-order valence-corrected chi connectivity index (χ0v) is 10.9. The van der Waals surface area contributed by atoms with Crippen molar-refractivity contribution in [2.75, 3.05) is 6.54 Å². The van der Waals surface area contributed by atoms with E-state index in [4.69, 9.17) is 10.3 Å². The van der Waals surface area contributed by atoms with Gasteiger partial charge in [-0.3, -0.25) is 9.78 Å². The number of aromatic nitrogens is 2. The Morgan fingerprint density at radius 1 is 1.53 bits per heavy atom. The topological polar surface area (TPSA) is 94.0 Å². The van der Waals surface area contributed by atoms with Crippen LogP contribution in [-0.2, 0) is 0 Å². The van der Waals surface area contributed by atoms with Gasteiger partial charge in [-0.15, -0.1) is 0 Å². The molecule has 0 aliphatic rings. The molecule has 0 spiro atoms. The first-order valence-electron chi connectivity index (χ1n) is 5.90. The average Bonchev–Trinajstić information content (AvgIpc) is 2.86. The highest BCUT2D eigenvalue weighted by atomic mass is 16.5. The van der Waals surface area contributed by atoms with E-state index in [1.807, 2.05) is 19.9 Å². The van der Waals surface area contributed by atoms with Gasteiger partial charge in [-0.2, -0.15) is 0 Å². The van der Waals surface area contributed by atoms with E-state index < -0.39 is 5.54 Å². The summed E-state index contributed by atoms with van der Waals surface area (Å²) in [6.07, 6.45) is 3.31. The predicted octanol–water partition coefficient (Wildman–Crippen LogP) is 1.20. The maximum Gasteiger partial charge on any atom is 0.273 e. The minimum atomic E-state index is -0.467. The molecule has 100 valence electrons. The van der Waals surface area contributed by atoms with Crippen LogP contribution in [0.1, 0.15) is 24.3 Å². The number of rotatable bonds is 4. The molecular formula is C13H16N4O2. The number of nitrogens with zero attached hydrogens (tertiary/aromatic N) is 2. The van der Waals surface area contributed by atoms with Crippen molar-refractivity contribution in [3.05, 3.63) is 36.3 Å². The largest absolute Gasteiger partial charge is 0.355 e. The Bertz CT molecular complexity index is 558. The molecule has 0 aromatic carbocycles. The van der Waals surface area contributed by atoms with E-state index in [1.54, 1.807) is 24.5 Å². The molecule has 0 saturated heterocycles. The van der Waals surface area contributed by atoms with E-state index in [0.29, 0.717) is 12.3 Å². The molecule has 0 unspecified atom stereocenters. The third kappa shape index (κ3) is 3.62. The van der Waals surface area contributed by atoms with Crippen LogP contribution in [-0.4, -0.2) is 28.1 Å². The van der Waals surface area contributed by atoms with Crippen molar-refractivity contribution in [1.29, 1.82) is 0 Å². The van der Waals surface area contributed by atoms with Gasteiger partial charge in [0.05, 0.1) is 0 Å². The highest BCUT2D eigenvalue weighted by molar-refractivity contribution is 5.93. The number of nitrogens with two attached hydrogens (primary N) is 1. The summed E-state index contributed by atoms with van der Waals surface area (Å²) in [5.41, 5.74) is 6.32. The second-order valence-electron chi connectivity index (χ2n) is 4.99. The van der Waals surface area contributed by atoms with Crippen molar-refractivity contribution in [2.45, 2.75) is 19.4 Å². The van der Waals surface area contributed by atoms with E-state index in [9.17, 15) is 4.79 Å². The molecule has 1 amide bonds. The zero-order chi connectivity index (χ0) is 13.9. The van der Waals surface area contributed by atoms with Gasteiger partial charge in [0.2, 0.25) is 0 Å². The highest BCUT2D eigenvalue weighted by Gasteiger charge is 2.17. The Morgan fingerprint density at radius 2 is 2.32 bits per heavy atom. The van der Waals surface area contributed by atoms with Crippen LogP contribution in [0, 0.1) is 0 Å². The van der Waals surface area contributed by atoms with E-state index in [-0.39, 0.29) is 11.6 Å². The lowest BCUT2D eigenvalue weighted by molar-refractivity contribution is 0.0937. The van der Waals surface area contributed by atoms with Crippen LogP contribution in [0.15, 0.2) is 35.1 Å². The summed E-state index contributed by atoms with van der Waals surface area (Å²) in [4.78, 5) is 15.8. The second kappa shape index (κ2) is 5.19. The molecule has 0 aliphatic heterocycles. The van der Waals surface area contributed by atoms with Gasteiger partial charge in [-0.05, 0) is 26.0 Å². The average molecular weight is 260 g/mol. The van der Waals surface area contributed by atoms with Gasteiger partial charge >= 0.3 is 0 Å². The zero-order valence-electron chi connectivity index (χ0n) is 10.9. The number of hydrogen-bond donors (Lipinski definition) is 2. The monoisotopic (exact) mass is 260 g/mol. The third-order valence-electron chi connectivity index (χ3n) is 2.39. The molecule has 0 bridgehead atoms. The lowest BCUT2D eigenvalue weighted by atomic mass is 10.1. The molecule has 0 saturated carbocycles. The molecule has 0 aliphatic carbocycles. The van der Waals surface area contributed by atoms with Crippen LogP contribution in [0.3, 0.4) is 0 Å². The maximum atomic E-state index is 11.8. The van der Waals surface area contributed by atoms with Crippen molar-refractivity contribution < 1.29 is 9.32 Å². The minimum absolute atomic E-state index is 0.225. The number of pyridine rings is 1. The van der Waals surface area contributed by atoms with Crippen LogP contribution >= 0.6 is 0 Å². The molecule has 6 nitrogen and oxygen atoms in total. The van der Waals surface area contributed by atoms with Crippen molar-refractivity contribution in [1.82, 2.24) is 15.5 Å². The van der Waals surface area contributed by atoms with Crippen LogP contribution in [0.5, 0.6) is 0 Å². The number of hydrogen-bond acceptors (Lipinski definition) is 5. The van der Waals surface area contributed by atoms with Crippen LogP contribution in [0.25, 0.3) is 11.3 Å². The number of carbonyl (C=O) groups excluding carboxylic acids is 1. The Labute approximate surface area is 111 Å². The summed E-state index contributed by atoms with van der Waals surface area (Å²) in [5.74, 6) is 0.197. The summed E-state index contributed by atoms with van der Waals surface area (Å²) >= 11 is 0. The Hall–Kier alpha value is -2.21. The van der Waals surface area contributed by atoms with Crippen molar-refractivity contribution in [3.63, 3.8) is 0 Å². The molecule has 3 N–H and O–H groups in total. The SMILES string of the molecule is CC(C)(N)CNC(=O)c1cc(-c2cccnc2)on1. The van der Waals surface area contributed by atoms with Gasteiger partial charge in [-0.25, -0.2) is 0 Å². The van der Waals surface area contributed by atoms with Gasteiger partial charge < -0.3 is 15.6 Å². The molecule has 2 rings (SSSR count). The molecule has 19 heavy (non-hydrogen) atoms. The molecule has 0 radical (unpaired) electrons. The fourth-order valence-corrected chi connectivity index (χ4v) is 1.43. The van der Waals surface area contributed by atoms with E-state index in [1.165, 1.54) is 0 Å². The van der Waals surface area contributed by atoms with E-state index in [0.717, 1.165) is 5.56 Å². The Kier molecular flexibility index (Phi) is 3.62. The van der Waals surface area contributed by atoms with Crippen LogP contribution < -0.4 is 11.1 Å². The Balaban J connectivity index is 2.07. The molecule has 2 heterocycles. The first-order chi connectivity index (χ1) is 8.96. The van der Waals surface area contributed by atoms with Crippen LogP contribution in [0.4, 0.5) is 0 Å². The van der Waals surface area contributed by atoms with Gasteiger partial charge in [-0.1, -0.05) is 5.16 Å². The second-order valence-corrected chi connectivity index (χ2v) is 4.99. The maximum absolute atomic E-state index is 11.8. The lowest BCUT2D eigenvalue weighted by Gasteiger charge is -2.18. The first kappa shape index (κ1) is 13.2. The number of carbonyl (C=O) groups is 1. The number of nitrogens with one attached hydrogen (secondary N) is 1. The summed E-state index contributed by atoms with van der Waals surface area (Å²) in [7, 11) is 0. The standard InChI is InChI=1S/C13H16N4O2/c1-13(2,14)8-16-12(18)10-6-11(19-17-10)9-4-3-5-15-7-9/h3-7H,8,14H2,1-2H3,(H,16,18). The lowest BCUT2D eigenvalue weighted by Crippen LogP contribution is -2.45. The molecule has 0 fully saturated rings. The quantitative estimate of drug-likeness (QED) is 0.861. The normalized spacial score (nSPS) is 11.3. The van der Waals surface area contributed by atoms with Crippen molar-refractivity contribution >= 4 is 5.91 Å². The van der Waals surface area contributed by atoms with Gasteiger partial charge in [0.1, 0.15) is 0 Å². The first-order valence-corrected chi connectivity index (χ1v) is 5.90. The smallest absolute Gasteiger partial charge is 0.273 e. The van der Waals surface area contributed by atoms with Crippen molar-refractivity contribution in [3.8, 4) is 11.3 Å². The van der Waals surface area contributed by atoms with Gasteiger partial charge in [0.15, 0.2) is 11.5 Å². The van der Waals surface area contributed by atoms with Gasteiger partial charge in [0.25, 0.3) is 5.91 Å². The number of amides is 1. The molecule has 2 aromatic rings.